The minimum Gasteiger partial charge on any atom is -0.384 e. The van der Waals surface area contributed by atoms with Crippen molar-refractivity contribution in [1.82, 2.24) is 0 Å². The Morgan fingerprint density at radius 1 is 1.55 bits per heavy atom. The van der Waals surface area contributed by atoms with Gasteiger partial charge in [-0.3, -0.25) is 4.99 Å². The molecule has 5 heteroatoms. The van der Waals surface area contributed by atoms with Crippen molar-refractivity contribution in [2.24, 2.45) is 10.7 Å². The van der Waals surface area contributed by atoms with Crippen molar-refractivity contribution in [2.45, 2.75) is 18.6 Å². The van der Waals surface area contributed by atoms with Gasteiger partial charge in [-0.1, -0.05) is 6.08 Å². The summed E-state index contributed by atoms with van der Waals surface area (Å²) in [5.41, 5.74) is 5.08. The third kappa shape index (κ3) is 1.96. The highest BCUT2D eigenvalue weighted by Gasteiger charge is 2.39. The minimum absolute atomic E-state index is 0.0569. The molecule has 0 aromatic heterocycles. The molecule has 0 amide bonds. The fourth-order valence-corrected chi connectivity index (χ4v) is 0.800. The van der Waals surface area contributed by atoms with E-state index in [0.717, 1.165) is 0 Å². The lowest BCUT2D eigenvalue weighted by molar-refractivity contribution is -0.146. The van der Waals surface area contributed by atoms with Crippen LogP contribution in [0.5, 0.6) is 0 Å². The Balaban J connectivity index is 2.71. The maximum Gasteiger partial charge on any atom is 0.411 e. The van der Waals surface area contributed by atoms with E-state index in [9.17, 15) is 13.2 Å². The Bertz CT molecular complexity index is 204. The normalized spacial score (nSPS) is 25.0. The van der Waals surface area contributed by atoms with Gasteiger partial charge in [-0.2, -0.15) is 13.2 Å². The van der Waals surface area contributed by atoms with Gasteiger partial charge in [0, 0.05) is 0 Å². The first kappa shape index (κ1) is 8.10. The standard InChI is InChI=1S/C6H7F3N2/c7-6(8,9)4-2-1-3-5(10)11-4/h1,3-4H,2H2,(H2,10,11). The van der Waals surface area contributed by atoms with Gasteiger partial charge in [0.05, 0.1) is 0 Å². The molecule has 1 aliphatic heterocycles. The highest BCUT2D eigenvalue weighted by Crippen LogP contribution is 2.26. The number of nitrogens with two attached hydrogens (primary N) is 1. The predicted molar refractivity (Wildman–Crippen MR) is 35.2 cm³/mol. The molecular formula is C6H7F3N2. The van der Waals surface area contributed by atoms with Crippen LogP contribution in [0.25, 0.3) is 0 Å². The number of halogens is 3. The number of hydrogen-bond donors (Lipinski definition) is 1. The Morgan fingerprint density at radius 2 is 2.18 bits per heavy atom. The van der Waals surface area contributed by atoms with Crippen molar-refractivity contribution in [3.63, 3.8) is 0 Å². The maximum absolute atomic E-state index is 11.9. The molecule has 1 aliphatic rings. The second-order valence-electron chi connectivity index (χ2n) is 2.25. The molecule has 0 aromatic rings. The summed E-state index contributed by atoms with van der Waals surface area (Å²) in [6, 6.07) is -1.65. The van der Waals surface area contributed by atoms with Crippen molar-refractivity contribution >= 4 is 5.84 Å². The molecule has 0 saturated carbocycles. The molecule has 1 unspecified atom stereocenters. The zero-order valence-corrected chi connectivity index (χ0v) is 5.60. The summed E-state index contributed by atoms with van der Waals surface area (Å²) < 4.78 is 35.8. The van der Waals surface area contributed by atoms with Gasteiger partial charge in [0.2, 0.25) is 0 Å². The lowest BCUT2D eigenvalue weighted by Gasteiger charge is -2.17. The van der Waals surface area contributed by atoms with E-state index in [4.69, 9.17) is 5.73 Å². The Hall–Kier alpha value is -1.00. The van der Waals surface area contributed by atoms with Crippen molar-refractivity contribution < 1.29 is 13.2 Å². The summed E-state index contributed by atoms with van der Waals surface area (Å²) in [6.45, 7) is 0. The molecule has 1 heterocycles. The third-order valence-electron chi connectivity index (χ3n) is 1.33. The first-order valence-electron chi connectivity index (χ1n) is 3.06. The van der Waals surface area contributed by atoms with Crippen LogP contribution in [0.15, 0.2) is 17.1 Å². The van der Waals surface area contributed by atoms with Crippen LogP contribution in [-0.2, 0) is 0 Å². The molecule has 0 saturated heterocycles. The molecule has 0 bridgehead atoms. The van der Waals surface area contributed by atoms with E-state index in [1.165, 1.54) is 12.2 Å². The van der Waals surface area contributed by atoms with Crippen molar-refractivity contribution in [1.29, 1.82) is 0 Å². The molecule has 62 valence electrons. The van der Waals surface area contributed by atoms with Crippen molar-refractivity contribution in [2.75, 3.05) is 0 Å². The quantitative estimate of drug-likeness (QED) is 0.574. The molecule has 2 nitrogen and oxygen atoms in total. The van der Waals surface area contributed by atoms with Gasteiger partial charge in [0.15, 0.2) is 6.04 Å². The van der Waals surface area contributed by atoms with E-state index in [1.54, 1.807) is 0 Å². The fraction of sp³-hybridized carbons (Fsp3) is 0.500. The smallest absolute Gasteiger partial charge is 0.384 e. The lowest BCUT2D eigenvalue weighted by atomic mass is 10.1. The number of amidine groups is 1. The SMILES string of the molecule is NC1=NC(C(F)(F)F)CC=C1. The average molecular weight is 164 g/mol. The number of aliphatic imine (C=N–C) groups is 1. The molecular weight excluding hydrogens is 157 g/mol. The maximum atomic E-state index is 11.9. The average Bonchev–Trinajstić information content (AvgIpc) is 1.86. The van der Waals surface area contributed by atoms with Gasteiger partial charge in [-0.15, -0.1) is 0 Å². The number of alkyl halides is 3. The number of rotatable bonds is 0. The van der Waals surface area contributed by atoms with E-state index in [2.05, 4.69) is 4.99 Å². The van der Waals surface area contributed by atoms with E-state index < -0.39 is 12.2 Å². The monoisotopic (exact) mass is 164 g/mol. The largest absolute Gasteiger partial charge is 0.411 e. The number of hydrogen-bond acceptors (Lipinski definition) is 2. The highest BCUT2D eigenvalue weighted by atomic mass is 19.4. The third-order valence-corrected chi connectivity index (χ3v) is 1.33. The summed E-state index contributed by atoms with van der Waals surface area (Å²) in [7, 11) is 0. The van der Waals surface area contributed by atoms with Crippen LogP contribution in [0.1, 0.15) is 6.42 Å². The summed E-state index contributed by atoms with van der Waals surface area (Å²) in [5, 5.41) is 0. The van der Waals surface area contributed by atoms with Crippen molar-refractivity contribution in [3.05, 3.63) is 12.2 Å². The van der Waals surface area contributed by atoms with Gasteiger partial charge in [0.1, 0.15) is 5.84 Å². The highest BCUT2D eigenvalue weighted by molar-refractivity contribution is 5.92. The van der Waals surface area contributed by atoms with E-state index in [-0.39, 0.29) is 12.3 Å². The summed E-state index contributed by atoms with van der Waals surface area (Å²) in [4.78, 5) is 3.24. The van der Waals surface area contributed by atoms with Gasteiger partial charge in [-0.25, -0.2) is 0 Å². The van der Waals surface area contributed by atoms with Gasteiger partial charge < -0.3 is 5.73 Å². The molecule has 0 spiro atoms. The van der Waals surface area contributed by atoms with Gasteiger partial charge >= 0.3 is 6.18 Å². The fourth-order valence-electron chi connectivity index (χ4n) is 0.800. The van der Waals surface area contributed by atoms with Crippen LogP contribution in [0.2, 0.25) is 0 Å². The van der Waals surface area contributed by atoms with Crippen LogP contribution >= 0.6 is 0 Å². The van der Waals surface area contributed by atoms with E-state index in [1.807, 2.05) is 0 Å². The first-order chi connectivity index (χ1) is 5.00. The van der Waals surface area contributed by atoms with Crippen LogP contribution in [0, 0.1) is 0 Å². The second-order valence-corrected chi connectivity index (χ2v) is 2.25. The predicted octanol–water partition coefficient (Wildman–Crippen LogP) is 1.23. The van der Waals surface area contributed by atoms with E-state index >= 15 is 0 Å². The Labute approximate surface area is 61.6 Å². The van der Waals surface area contributed by atoms with Crippen LogP contribution < -0.4 is 5.73 Å². The molecule has 1 atom stereocenters. The van der Waals surface area contributed by atoms with Gasteiger partial charge in [0.25, 0.3) is 0 Å². The summed E-state index contributed by atoms with van der Waals surface area (Å²) >= 11 is 0. The summed E-state index contributed by atoms with van der Waals surface area (Å²) in [5.74, 6) is -0.0569. The lowest BCUT2D eigenvalue weighted by Crippen LogP contribution is -2.30. The Morgan fingerprint density at radius 3 is 2.55 bits per heavy atom. The zero-order valence-electron chi connectivity index (χ0n) is 5.60. The molecule has 2 N–H and O–H groups in total. The zero-order chi connectivity index (χ0) is 8.48. The molecule has 0 radical (unpaired) electrons. The number of nitrogens with zero attached hydrogens (tertiary/aromatic N) is 1. The van der Waals surface area contributed by atoms with Crippen molar-refractivity contribution in [3.8, 4) is 0 Å². The summed E-state index contributed by atoms with van der Waals surface area (Å²) in [6.07, 6.45) is -1.62. The molecule has 0 aromatic carbocycles. The van der Waals surface area contributed by atoms with Crippen LogP contribution in [0.3, 0.4) is 0 Å². The molecule has 11 heavy (non-hydrogen) atoms. The van der Waals surface area contributed by atoms with Crippen LogP contribution in [-0.4, -0.2) is 18.1 Å². The minimum atomic E-state index is -4.27. The molecule has 0 aliphatic carbocycles. The van der Waals surface area contributed by atoms with E-state index in [0.29, 0.717) is 0 Å². The van der Waals surface area contributed by atoms with Crippen LogP contribution in [0.4, 0.5) is 13.2 Å². The second kappa shape index (κ2) is 2.56. The van der Waals surface area contributed by atoms with Gasteiger partial charge in [-0.05, 0) is 12.5 Å². The molecule has 0 fully saturated rings. The first-order valence-corrected chi connectivity index (χ1v) is 3.06. The molecule has 1 rings (SSSR count). The number of dihydropyridines is 1. The topological polar surface area (TPSA) is 38.4 Å². The Kier molecular flexibility index (Phi) is 1.89.